The molecule has 0 radical (unpaired) electrons. The zero-order valence-electron chi connectivity index (χ0n) is 29.9. The highest BCUT2D eigenvalue weighted by atomic mass is 16.3. The first-order chi connectivity index (χ1) is 27.3. The number of rotatable bonds is 6. The summed E-state index contributed by atoms with van der Waals surface area (Å²) >= 11 is 0. The fourth-order valence-corrected chi connectivity index (χ4v) is 8.43. The van der Waals surface area contributed by atoms with Crippen molar-refractivity contribution < 1.29 is 4.42 Å². The second kappa shape index (κ2) is 12.6. The summed E-state index contributed by atoms with van der Waals surface area (Å²) in [7, 11) is 0. The summed E-state index contributed by atoms with van der Waals surface area (Å²) in [6, 6.07) is 74.0. The van der Waals surface area contributed by atoms with Gasteiger partial charge in [0.2, 0.25) is 0 Å². The van der Waals surface area contributed by atoms with E-state index in [0.717, 1.165) is 66.8 Å². The van der Waals surface area contributed by atoms with E-state index in [1.807, 2.05) is 12.1 Å². The summed E-state index contributed by atoms with van der Waals surface area (Å²) in [6.07, 6.45) is 0. The highest BCUT2D eigenvalue weighted by Gasteiger charge is 2.21. The Morgan fingerprint density at radius 3 is 1.93 bits per heavy atom. The van der Waals surface area contributed by atoms with E-state index >= 15 is 0 Å². The molecule has 0 amide bonds. The second-order valence-corrected chi connectivity index (χ2v) is 14.1. The van der Waals surface area contributed by atoms with Gasteiger partial charge in [0.25, 0.3) is 0 Å². The maximum absolute atomic E-state index is 6.34. The van der Waals surface area contributed by atoms with Crippen LogP contribution in [-0.2, 0) is 0 Å². The van der Waals surface area contributed by atoms with Gasteiger partial charge < -0.3 is 13.9 Å². The number of hydrogen-bond donors (Lipinski definition) is 0. The minimum Gasteiger partial charge on any atom is -0.456 e. The van der Waals surface area contributed by atoms with Gasteiger partial charge in [-0.25, -0.2) is 0 Å². The molecule has 2 aromatic heterocycles. The molecule has 0 atom stereocenters. The molecule has 0 spiro atoms. The van der Waals surface area contributed by atoms with E-state index in [4.69, 9.17) is 4.42 Å². The molecule has 11 aromatic rings. The highest BCUT2D eigenvalue weighted by Crippen LogP contribution is 2.44. The van der Waals surface area contributed by atoms with Gasteiger partial charge in [0.1, 0.15) is 11.2 Å². The maximum Gasteiger partial charge on any atom is 0.137 e. The Kier molecular flexibility index (Phi) is 7.17. The van der Waals surface area contributed by atoms with Crippen molar-refractivity contribution in [1.29, 1.82) is 0 Å². The first-order valence-electron chi connectivity index (χ1n) is 18.8. The van der Waals surface area contributed by atoms with Crippen LogP contribution in [0, 0.1) is 0 Å². The number of fused-ring (bicyclic) bond motifs is 7. The van der Waals surface area contributed by atoms with Gasteiger partial charge in [0.15, 0.2) is 0 Å². The average molecular weight is 703 g/mol. The summed E-state index contributed by atoms with van der Waals surface area (Å²) in [5.41, 5.74) is 13.3. The van der Waals surface area contributed by atoms with E-state index in [0.29, 0.717) is 0 Å². The van der Waals surface area contributed by atoms with Crippen molar-refractivity contribution in [1.82, 2.24) is 4.57 Å². The van der Waals surface area contributed by atoms with E-state index in [1.54, 1.807) is 0 Å². The molecule has 0 aliphatic carbocycles. The topological polar surface area (TPSA) is 21.3 Å². The van der Waals surface area contributed by atoms with Crippen molar-refractivity contribution in [2.24, 2.45) is 0 Å². The lowest BCUT2D eigenvalue weighted by Gasteiger charge is -2.28. The molecule has 0 bridgehead atoms. The van der Waals surface area contributed by atoms with Gasteiger partial charge in [-0.05, 0) is 94.2 Å². The molecule has 258 valence electrons. The summed E-state index contributed by atoms with van der Waals surface area (Å²) < 4.78 is 8.74. The van der Waals surface area contributed by atoms with Crippen molar-refractivity contribution in [3.63, 3.8) is 0 Å². The van der Waals surface area contributed by atoms with E-state index in [9.17, 15) is 0 Å². The molecule has 0 saturated heterocycles. The Bertz CT molecular complexity index is 3210. The van der Waals surface area contributed by atoms with Crippen molar-refractivity contribution in [3.05, 3.63) is 206 Å². The molecule has 3 heteroatoms. The van der Waals surface area contributed by atoms with Gasteiger partial charge in [0, 0.05) is 33.1 Å². The maximum atomic E-state index is 6.34. The monoisotopic (exact) mass is 702 g/mol. The number of anilines is 3. The first kappa shape index (κ1) is 31.2. The summed E-state index contributed by atoms with van der Waals surface area (Å²) in [5, 5.41) is 7.09. The standard InChI is InChI=1S/C52H34N2O/c1-2-13-35(14-3-1)37-25-29-40(30-26-37)53(41-31-27-36-15-4-5-16-38(36)33-41)46-20-9-6-17-42(46)39-28-32-48-45(34-39)43-18-7-10-21-47(43)54(48)49-22-12-24-51-52(49)44-19-8-11-23-50(44)55-51/h1-34H. The van der Waals surface area contributed by atoms with Gasteiger partial charge in [-0.2, -0.15) is 0 Å². The van der Waals surface area contributed by atoms with Crippen molar-refractivity contribution in [2.75, 3.05) is 4.90 Å². The molecule has 3 nitrogen and oxygen atoms in total. The zero-order valence-corrected chi connectivity index (χ0v) is 29.9. The Labute approximate surface area is 318 Å². The Hall–Kier alpha value is -7.36. The first-order valence-corrected chi connectivity index (χ1v) is 18.8. The molecule has 55 heavy (non-hydrogen) atoms. The van der Waals surface area contributed by atoms with Gasteiger partial charge in [-0.15, -0.1) is 0 Å². The van der Waals surface area contributed by atoms with Gasteiger partial charge in [-0.1, -0.05) is 140 Å². The lowest BCUT2D eigenvalue weighted by molar-refractivity contribution is 0.669. The number of aromatic nitrogens is 1. The molecule has 0 fully saturated rings. The van der Waals surface area contributed by atoms with Crippen LogP contribution in [0.4, 0.5) is 17.1 Å². The molecule has 2 heterocycles. The van der Waals surface area contributed by atoms with Gasteiger partial charge >= 0.3 is 0 Å². The number of furan rings is 1. The number of para-hydroxylation sites is 3. The van der Waals surface area contributed by atoms with Crippen LogP contribution >= 0.6 is 0 Å². The quantitative estimate of drug-likeness (QED) is 0.172. The second-order valence-electron chi connectivity index (χ2n) is 14.1. The smallest absolute Gasteiger partial charge is 0.137 e. The van der Waals surface area contributed by atoms with Crippen LogP contribution in [0.5, 0.6) is 0 Å². The summed E-state index contributed by atoms with van der Waals surface area (Å²) in [6.45, 7) is 0. The number of nitrogens with zero attached hydrogens (tertiary/aromatic N) is 2. The van der Waals surface area contributed by atoms with Crippen molar-refractivity contribution in [3.8, 4) is 27.9 Å². The van der Waals surface area contributed by atoms with Crippen LogP contribution in [0.25, 0.3) is 82.5 Å². The third-order valence-electron chi connectivity index (χ3n) is 11.0. The van der Waals surface area contributed by atoms with E-state index in [1.165, 1.54) is 32.7 Å². The minimum atomic E-state index is 0.890. The predicted molar refractivity (Wildman–Crippen MR) is 231 cm³/mol. The van der Waals surface area contributed by atoms with Gasteiger partial charge in [-0.3, -0.25) is 0 Å². The SMILES string of the molecule is c1ccc(-c2ccc(N(c3ccc4ccccc4c3)c3ccccc3-c3ccc4c(c3)c3ccccc3n4-c3cccc4oc5ccccc5c34)cc2)cc1. The van der Waals surface area contributed by atoms with Crippen LogP contribution in [0.15, 0.2) is 211 Å². The van der Waals surface area contributed by atoms with Crippen molar-refractivity contribution >= 4 is 71.6 Å². The van der Waals surface area contributed by atoms with Crippen LogP contribution in [0.1, 0.15) is 0 Å². The number of benzene rings is 9. The van der Waals surface area contributed by atoms with Crippen LogP contribution < -0.4 is 4.90 Å². The Balaban J connectivity index is 1.11. The van der Waals surface area contributed by atoms with Crippen molar-refractivity contribution in [2.45, 2.75) is 0 Å². The predicted octanol–water partition coefficient (Wildman–Crippen LogP) is 14.6. The molecule has 9 aromatic carbocycles. The third kappa shape index (κ3) is 5.13. The molecule has 0 aliphatic heterocycles. The third-order valence-corrected chi connectivity index (χ3v) is 11.0. The fraction of sp³-hybridized carbons (Fsp3) is 0. The van der Waals surface area contributed by atoms with E-state index in [2.05, 4.69) is 204 Å². The average Bonchev–Trinajstić information content (AvgIpc) is 3.80. The normalized spacial score (nSPS) is 11.6. The van der Waals surface area contributed by atoms with Crippen LogP contribution in [-0.4, -0.2) is 4.57 Å². The number of hydrogen-bond acceptors (Lipinski definition) is 2. The van der Waals surface area contributed by atoms with Crippen LogP contribution in [0.3, 0.4) is 0 Å². The van der Waals surface area contributed by atoms with E-state index < -0.39 is 0 Å². The summed E-state index contributed by atoms with van der Waals surface area (Å²) in [5.74, 6) is 0. The largest absolute Gasteiger partial charge is 0.456 e. The highest BCUT2D eigenvalue weighted by molar-refractivity contribution is 6.15. The minimum absolute atomic E-state index is 0.890. The fourth-order valence-electron chi connectivity index (χ4n) is 8.43. The molecule has 0 saturated carbocycles. The Morgan fingerprint density at radius 2 is 1.04 bits per heavy atom. The molecule has 11 rings (SSSR count). The molecule has 0 aliphatic rings. The Morgan fingerprint density at radius 1 is 0.382 bits per heavy atom. The lowest BCUT2D eigenvalue weighted by atomic mass is 9.99. The summed E-state index contributed by atoms with van der Waals surface area (Å²) in [4.78, 5) is 2.40. The zero-order chi connectivity index (χ0) is 36.3. The molecule has 0 N–H and O–H groups in total. The molecular formula is C52H34N2O. The van der Waals surface area contributed by atoms with E-state index in [-0.39, 0.29) is 0 Å². The lowest BCUT2D eigenvalue weighted by Crippen LogP contribution is -2.11. The van der Waals surface area contributed by atoms with Gasteiger partial charge in [0.05, 0.1) is 27.8 Å². The molecular weight excluding hydrogens is 669 g/mol. The van der Waals surface area contributed by atoms with Crippen LogP contribution in [0.2, 0.25) is 0 Å². The molecule has 0 unspecified atom stereocenters.